The molecular formula is C17H16N2O5. The molecule has 7 nitrogen and oxygen atoms in total. The van der Waals surface area contributed by atoms with Crippen LogP contribution < -0.4 is 10.6 Å². The lowest BCUT2D eigenvalue weighted by atomic mass is 10.2. The molecule has 0 unspecified atom stereocenters. The molecule has 0 bridgehead atoms. The molecule has 0 aliphatic heterocycles. The van der Waals surface area contributed by atoms with Gasteiger partial charge < -0.3 is 15.6 Å². The Morgan fingerprint density at radius 1 is 1.00 bits per heavy atom. The Morgan fingerprint density at radius 2 is 1.62 bits per heavy atom. The summed E-state index contributed by atoms with van der Waals surface area (Å²) in [6.07, 6.45) is -0.877. The van der Waals surface area contributed by atoms with Crippen molar-refractivity contribution in [2.24, 2.45) is 5.73 Å². The fraction of sp³-hybridized carbons (Fsp3) is 0.118. The summed E-state index contributed by atoms with van der Waals surface area (Å²) in [5.74, 6) is -1.76. The van der Waals surface area contributed by atoms with Crippen molar-refractivity contribution in [3.8, 4) is 0 Å². The third kappa shape index (κ3) is 4.17. The summed E-state index contributed by atoms with van der Waals surface area (Å²) < 4.78 is 5.14. The minimum absolute atomic E-state index is 0.00122. The van der Waals surface area contributed by atoms with E-state index in [1.54, 1.807) is 24.3 Å². The molecule has 0 radical (unpaired) electrons. The molecule has 2 rings (SSSR count). The van der Waals surface area contributed by atoms with E-state index in [0.717, 1.165) is 10.5 Å². The van der Waals surface area contributed by atoms with Crippen LogP contribution >= 0.6 is 0 Å². The molecule has 0 heterocycles. The number of imide groups is 1. The smallest absolute Gasteiger partial charge is 0.421 e. The van der Waals surface area contributed by atoms with Crippen LogP contribution in [0.2, 0.25) is 0 Å². The van der Waals surface area contributed by atoms with Gasteiger partial charge in [-0.3, -0.25) is 4.79 Å². The summed E-state index contributed by atoms with van der Waals surface area (Å²) >= 11 is 0. The maximum absolute atomic E-state index is 12.2. The molecule has 2 aromatic rings. The standard InChI is InChI=1S/C17H16N2O5/c18-10-15(20)19(14-8-6-13(7-9-14)16(21)22)17(23)24-11-12-4-2-1-3-5-12/h1-9H,10-11,18H2,(H,21,22). The van der Waals surface area contributed by atoms with E-state index in [1.165, 1.54) is 24.3 Å². The van der Waals surface area contributed by atoms with E-state index in [2.05, 4.69) is 0 Å². The number of carboxylic acids is 1. The third-order valence-corrected chi connectivity index (χ3v) is 3.18. The van der Waals surface area contributed by atoms with Crippen molar-refractivity contribution in [1.82, 2.24) is 0 Å². The van der Waals surface area contributed by atoms with Crippen LogP contribution in [0, 0.1) is 0 Å². The van der Waals surface area contributed by atoms with E-state index < -0.39 is 18.0 Å². The molecule has 7 heteroatoms. The number of nitrogens with zero attached hydrogens (tertiary/aromatic N) is 1. The number of ether oxygens (including phenoxy) is 1. The van der Waals surface area contributed by atoms with Crippen molar-refractivity contribution in [1.29, 1.82) is 0 Å². The summed E-state index contributed by atoms with van der Waals surface area (Å²) in [6.45, 7) is -0.387. The Balaban J connectivity index is 2.16. The average Bonchev–Trinajstić information content (AvgIpc) is 2.61. The molecule has 3 N–H and O–H groups in total. The van der Waals surface area contributed by atoms with Gasteiger partial charge in [-0.05, 0) is 29.8 Å². The molecule has 0 spiro atoms. The lowest BCUT2D eigenvalue weighted by Crippen LogP contribution is -2.41. The Bertz CT molecular complexity index is 728. The second kappa shape index (κ2) is 7.89. The van der Waals surface area contributed by atoms with E-state index >= 15 is 0 Å². The highest BCUT2D eigenvalue weighted by atomic mass is 16.6. The fourth-order valence-corrected chi connectivity index (χ4v) is 1.98. The van der Waals surface area contributed by atoms with Gasteiger partial charge in [-0.2, -0.15) is 0 Å². The minimum atomic E-state index is -1.11. The Hall–Kier alpha value is -3.19. The quantitative estimate of drug-likeness (QED) is 0.869. The second-order valence-electron chi connectivity index (χ2n) is 4.83. The van der Waals surface area contributed by atoms with Crippen LogP contribution in [0.5, 0.6) is 0 Å². The molecule has 0 aliphatic rings. The first-order chi connectivity index (χ1) is 11.5. The number of carbonyl (C=O) groups excluding carboxylic acids is 2. The molecule has 24 heavy (non-hydrogen) atoms. The predicted molar refractivity (Wildman–Crippen MR) is 86.6 cm³/mol. The number of rotatable bonds is 5. The Morgan fingerprint density at radius 3 is 2.17 bits per heavy atom. The number of carbonyl (C=O) groups is 3. The van der Waals surface area contributed by atoms with Crippen molar-refractivity contribution >= 4 is 23.7 Å². The fourth-order valence-electron chi connectivity index (χ4n) is 1.98. The van der Waals surface area contributed by atoms with Crippen LogP contribution in [0.1, 0.15) is 15.9 Å². The number of aromatic carboxylic acids is 1. The molecule has 124 valence electrons. The van der Waals surface area contributed by atoms with Gasteiger partial charge in [-0.25, -0.2) is 14.5 Å². The molecule has 0 aromatic heterocycles. The Labute approximate surface area is 138 Å². The van der Waals surface area contributed by atoms with Crippen LogP contribution in [-0.2, 0) is 16.1 Å². The first-order valence-electron chi connectivity index (χ1n) is 7.10. The second-order valence-corrected chi connectivity index (χ2v) is 4.83. The highest BCUT2D eigenvalue weighted by Crippen LogP contribution is 2.17. The lowest BCUT2D eigenvalue weighted by Gasteiger charge is -2.20. The van der Waals surface area contributed by atoms with Crippen LogP contribution in [0.25, 0.3) is 0 Å². The highest BCUT2D eigenvalue weighted by molar-refractivity contribution is 6.13. The third-order valence-electron chi connectivity index (χ3n) is 3.18. The van der Waals surface area contributed by atoms with Gasteiger partial charge in [0.15, 0.2) is 0 Å². The van der Waals surface area contributed by atoms with Gasteiger partial charge in [0.1, 0.15) is 6.61 Å². The maximum atomic E-state index is 12.2. The largest absolute Gasteiger partial charge is 0.478 e. The number of benzene rings is 2. The number of anilines is 1. The summed E-state index contributed by atoms with van der Waals surface area (Å²) in [5, 5.41) is 8.90. The van der Waals surface area contributed by atoms with Gasteiger partial charge in [-0.15, -0.1) is 0 Å². The lowest BCUT2D eigenvalue weighted by molar-refractivity contribution is -0.116. The molecule has 0 atom stereocenters. The van der Waals surface area contributed by atoms with Gasteiger partial charge in [-0.1, -0.05) is 30.3 Å². The average molecular weight is 328 g/mol. The van der Waals surface area contributed by atoms with Crippen molar-refractivity contribution in [2.75, 3.05) is 11.4 Å². The van der Waals surface area contributed by atoms with Gasteiger partial charge in [0.2, 0.25) is 5.91 Å². The Kier molecular flexibility index (Phi) is 5.64. The van der Waals surface area contributed by atoms with Crippen LogP contribution in [-0.4, -0.2) is 29.6 Å². The normalized spacial score (nSPS) is 10.0. The monoisotopic (exact) mass is 328 g/mol. The maximum Gasteiger partial charge on any atom is 0.421 e. The molecule has 0 saturated heterocycles. The van der Waals surface area contributed by atoms with E-state index in [0.29, 0.717) is 0 Å². The molecular weight excluding hydrogens is 312 g/mol. The summed E-state index contributed by atoms with van der Waals surface area (Å²) in [4.78, 5) is 35.9. The molecule has 0 saturated carbocycles. The zero-order chi connectivity index (χ0) is 17.5. The SMILES string of the molecule is NCC(=O)N(C(=O)OCc1ccccc1)c1ccc(C(=O)O)cc1. The zero-order valence-corrected chi connectivity index (χ0v) is 12.7. The molecule has 0 fully saturated rings. The minimum Gasteiger partial charge on any atom is -0.478 e. The van der Waals surface area contributed by atoms with Crippen molar-refractivity contribution in [2.45, 2.75) is 6.61 Å². The number of amides is 2. The first kappa shape index (κ1) is 17.2. The number of nitrogens with two attached hydrogens (primary N) is 1. The van der Waals surface area contributed by atoms with E-state index in [-0.39, 0.29) is 24.4 Å². The van der Waals surface area contributed by atoms with Crippen molar-refractivity contribution in [3.05, 3.63) is 65.7 Å². The van der Waals surface area contributed by atoms with Crippen LogP contribution in [0.15, 0.2) is 54.6 Å². The van der Waals surface area contributed by atoms with Gasteiger partial charge in [0.05, 0.1) is 17.8 Å². The van der Waals surface area contributed by atoms with Crippen LogP contribution in [0.3, 0.4) is 0 Å². The van der Waals surface area contributed by atoms with E-state index in [9.17, 15) is 14.4 Å². The summed E-state index contributed by atoms with van der Waals surface area (Å²) in [7, 11) is 0. The van der Waals surface area contributed by atoms with Crippen molar-refractivity contribution in [3.63, 3.8) is 0 Å². The van der Waals surface area contributed by atoms with Gasteiger partial charge >= 0.3 is 12.1 Å². The summed E-state index contributed by atoms with van der Waals surface area (Å²) in [5.41, 5.74) is 6.34. The highest BCUT2D eigenvalue weighted by Gasteiger charge is 2.24. The van der Waals surface area contributed by atoms with Gasteiger partial charge in [0.25, 0.3) is 0 Å². The first-order valence-corrected chi connectivity index (χ1v) is 7.10. The van der Waals surface area contributed by atoms with E-state index in [1.807, 2.05) is 6.07 Å². The number of carboxylic acid groups (broad SMARTS) is 1. The number of hydrogen-bond donors (Lipinski definition) is 2. The molecule has 2 aromatic carbocycles. The van der Waals surface area contributed by atoms with E-state index in [4.69, 9.17) is 15.6 Å². The topological polar surface area (TPSA) is 110 Å². The molecule has 0 aliphatic carbocycles. The van der Waals surface area contributed by atoms with Crippen molar-refractivity contribution < 1.29 is 24.2 Å². The van der Waals surface area contributed by atoms with Gasteiger partial charge in [0, 0.05) is 0 Å². The number of hydrogen-bond acceptors (Lipinski definition) is 5. The molecule has 2 amide bonds. The predicted octanol–water partition coefficient (Wildman–Crippen LogP) is 2.01. The van der Waals surface area contributed by atoms with Crippen LogP contribution in [0.4, 0.5) is 10.5 Å². The summed E-state index contributed by atoms with van der Waals surface area (Å²) in [6, 6.07) is 14.3. The zero-order valence-electron chi connectivity index (χ0n) is 12.7.